The first-order valence-corrected chi connectivity index (χ1v) is 9.46. The summed E-state index contributed by atoms with van der Waals surface area (Å²) >= 11 is 0. The zero-order valence-electron chi connectivity index (χ0n) is 15.6. The van der Waals surface area contributed by atoms with Gasteiger partial charge in [0.2, 0.25) is 5.91 Å². The number of carboxylic acids is 1. The molecule has 28 heavy (non-hydrogen) atoms. The Morgan fingerprint density at radius 2 is 1.68 bits per heavy atom. The van der Waals surface area contributed by atoms with Crippen LogP contribution in [0.1, 0.15) is 28.8 Å². The molecule has 0 radical (unpaired) electrons. The number of carboxylic acid groups (broad SMARTS) is 1. The molecule has 2 N–H and O–H groups in total. The molecule has 6 heteroatoms. The van der Waals surface area contributed by atoms with Crippen LogP contribution in [0.15, 0.2) is 60.7 Å². The molecule has 1 aliphatic heterocycles. The normalized spacial score (nSPS) is 17.6. The number of piperidine rings is 1. The topological polar surface area (TPSA) is 86.7 Å². The van der Waals surface area contributed by atoms with Gasteiger partial charge in [0, 0.05) is 25.1 Å². The second kappa shape index (κ2) is 9.17. The van der Waals surface area contributed by atoms with E-state index in [1.165, 1.54) is 0 Å². The summed E-state index contributed by atoms with van der Waals surface area (Å²) in [7, 11) is 0. The third-order valence-corrected chi connectivity index (χ3v) is 5.00. The van der Waals surface area contributed by atoms with Gasteiger partial charge in [0.1, 0.15) is 6.04 Å². The van der Waals surface area contributed by atoms with E-state index in [2.05, 4.69) is 5.32 Å². The minimum atomic E-state index is -1.06. The largest absolute Gasteiger partial charge is 0.480 e. The number of hydrogen-bond donors (Lipinski definition) is 2. The number of carbonyl (C=O) groups excluding carboxylic acids is 2. The summed E-state index contributed by atoms with van der Waals surface area (Å²) in [5.74, 6) is -1.88. The number of nitrogens with zero attached hydrogens (tertiary/aromatic N) is 1. The summed E-state index contributed by atoms with van der Waals surface area (Å²) < 4.78 is 0. The van der Waals surface area contributed by atoms with Gasteiger partial charge in [0.25, 0.3) is 5.91 Å². The van der Waals surface area contributed by atoms with Gasteiger partial charge in [-0.3, -0.25) is 9.59 Å². The van der Waals surface area contributed by atoms with E-state index in [0.717, 1.165) is 5.56 Å². The van der Waals surface area contributed by atoms with Gasteiger partial charge in [0.15, 0.2) is 0 Å². The molecule has 0 bridgehead atoms. The lowest BCUT2D eigenvalue weighted by atomic mass is 9.95. The van der Waals surface area contributed by atoms with Crippen LogP contribution in [0.4, 0.5) is 0 Å². The lowest BCUT2D eigenvalue weighted by molar-refractivity contribution is -0.142. The molecule has 146 valence electrons. The first kappa shape index (κ1) is 19.6. The van der Waals surface area contributed by atoms with Crippen LogP contribution in [-0.2, 0) is 16.0 Å². The lowest BCUT2D eigenvalue weighted by Crippen LogP contribution is -2.50. The van der Waals surface area contributed by atoms with E-state index in [4.69, 9.17) is 0 Å². The Kier molecular flexibility index (Phi) is 6.42. The minimum Gasteiger partial charge on any atom is -0.480 e. The van der Waals surface area contributed by atoms with Crippen LogP contribution in [0.25, 0.3) is 0 Å². The minimum absolute atomic E-state index is 0.0998. The Morgan fingerprint density at radius 3 is 2.32 bits per heavy atom. The van der Waals surface area contributed by atoms with E-state index in [1.807, 2.05) is 48.5 Å². The van der Waals surface area contributed by atoms with Crippen LogP contribution in [0, 0.1) is 5.92 Å². The summed E-state index contributed by atoms with van der Waals surface area (Å²) in [6.07, 6.45) is 1.58. The highest BCUT2D eigenvalue weighted by Crippen LogP contribution is 2.19. The first-order chi connectivity index (χ1) is 13.5. The molecule has 0 saturated carbocycles. The van der Waals surface area contributed by atoms with Crippen LogP contribution in [0.5, 0.6) is 0 Å². The molecular formula is C22H24N2O4. The van der Waals surface area contributed by atoms with Crippen molar-refractivity contribution in [3.63, 3.8) is 0 Å². The van der Waals surface area contributed by atoms with Crippen molar-refractivity contribution in [1.29, 1.82) is 0 Å². The molecule has 2 amide bonds. The molecule has 1 unspecified atom stereocenters. The molecule has 0 aliphatic carbocycles. The molecule has 0 aromatic heterocycles. The van der Waals surface area contributed by atoms with Crippen LogP contribution < -0.4 is 5.32 Å². The van der Waals surface area contributed by atoms with Crippen LogP contribution in [0.2, 0.25) is 0 Å². The molecule has 1 heterocycles. The summed E-state index contributed by atoms with van der Waals surface area (Å²) in [6.45, 7) is 0.904. The van der Waals surface area contributed by atoms with E-state index < -0.39 is 17.9 Å². The predicted octanol–water partition coefficient (Wildman–Crippen LogP) is 2.35. The van der Waals surface area contributed by atoms with Gasteiger partial charge in [-0.1, -0.05) is 48.5 Å². The molecule has 2 atom stereocenters. The fourth-order valence-electron chi connectivity index (χ4n) is 3.48. The fourth-order valence-corrected chi connectivity index (χ4v) is 3.48. The highest BCUT2D eigenvalue weighted by atomic mass is 16.4. The Labute approximate surface area is 164 Å². The molecule has 1 saturated heterocycles. The number of hydrogen-bond acceptors (Lipinski definition) is 3. The zero-order chi connectivity index (χ0) is 19.9. The monoisotopic (exact) mass is 380 g/mol. The quantitative estimate of drug-likeness (QED) is 0.805. The molecular weight excluding hydrogens is 356 g/mol. The summed E-state index contributed by atoms with van der Waals surface area (Å²) in [5.41, 5.74) is 1.44. The van der Waals surface area contributed by atoms with Gasteiger partial charge in [-0.15, -0.1) is 0 Å². The number of amides is 2. The van der Waals surface area contributed by atoms with Gasteiger partial charge >= 0.3 is 5.97 Å². The van der Waals surface area contributed by atoms with Crippen molar-refractivity contribution in [3.8, 4) is 0 Å². The van der Waals surface area contributed by atoms with Crippen molar-refractivity contribution >= 4 is 17.8 Å². The van der Waals surface area contributed by atoms with E-state index in [1.54, 1.807) is 17.0 Å². The molecule has 1 aliphatic rings. The highest BCUT2D eigenvalue weighted by molar-refractivity contribution is 5.94. The Morgan fingerprint density at radius 1 is 1.04 bits per heavy atom. The number of likely N-dealkylation sites (tertiary alicyclic amines) is 1. The average molecular weight is 380 g/mol. The van der Waals surface area contributed by atoms with Crippen molar-refractivity contribution < 1.29 is 19.5 Å². The van der Waals surface area contributed by atoms with Crippen molar-refractivity contribution in [2.24, 2.45) is 5.92 Å². The summed E-state index contributed by atoms with van der Waals surface area (Å²) in [4.78, 5) is 38.6. The SMILES string of the molecule is O=C(N[C@@H](Cc1ccccc1)C(=O)O)C1CCCN(C(=O)c2ccccc2)C1. The lowest BCUT2D eigenvalue weighted by Gasteiger charge is -2.32. The van der Waals surface area contributed by atoms with Crippen molar-refractivity contribution in [3.05, 3.63) is 71.8 Å². The van der Waals surface area contributed by atoms with E-state index in [-0.39, 0.29) is 18.2 Å². The van der Waals surface area contributed by atoms with E-state index in [9.17, 15) is 19.5 Å². The van der Waals surface area contributed by atoms with Gasteiger partial charge in [0.05, 0.1) is 5.92 Å². The summed E-state index contributed by atoms with van der Waals surface area (Å²) in [6, 6.07) is 17.2. The molecule has 0 spiro atoms. The van der Waals surface area contributed by atoms with E-state index >= 15 is 0 Å². The van der Waals surface area contributed by atoms with E-state index in [0.29, 0.717) is 31.5 Å². The van der Waals surface area contributed by atoms with Crippen LogP contribution in [-0.4, -0.2) is 46.9 Å². The first-order valence-electron chi connectivity index (χ1n) is 9.46. The molecule has 6 nitrogen and oxygen atoms in total. The van der Waals surface area contributed by atoms with Crippen molar-refractivity contribution in [1.82, 2.24) is 10.2 Å². The maximum atomic E-state index is 12.7. The standard InChI is InChI=1S/C22H24N2O4/c25-20(23-19(22(27)28)14-16-8-3-1-4-9-16)18-12-7-13-24(15-18)21(26)17-10-5-2-6-11-17/h1-6,8-11,18-19H,7,12-15H2,(H,23,25)(H,27,28)/t18?,19-/m0/s1. The summed E-state index contributed by atoms with van der Waals surface area (Å²) in [5, 5.41) is 12.1. The second-order valence-corrected chi connectivity index (χ2v) is 7.05. The molecule has 2 aromatic carbocycles. The smallest absolute Gasteiger partial charge is 0.326 e. The van der Waals surface area contributed by atoms with Gasteiger partial charge in [-0.25, -0.2) is 4.79 Å². The Balaban J connectivity index is 1.62. The fraction of sp³-hybridized carbons (Fsp3) is 0.318. The predicted molar refractivity (Wildman–Crippen MR) is 105 cm³/mol. The van der Waals surface area contributed by atoms with Gasteiger partial charge in [-0.2, -0.15) is 0 Å². The van der Waals surface area contributed by atoms with Gasteiger partial charge < -0.3 is 15.3 Å². The average Bonchev–Trinajstić information content (AvgIpc) is 2.74. The number of nitrogens with one attached hydrogen (secondary N) is 1. The second-order valence-electron chi connectivity index (χ2n) is 7.05. The van der Waals surface area contributed by atoms with Crippen molar-refractivity contribution in [2.45, 2.75) is 25.3 Å². The maximum absolute atomic E-state index is 12.7. The third-order valence-electron chi connectivity index (χ3n) is 5.00. The molecule has 3 rings (SSSR count). The number of aliphatic carboxylic acids is 1. The van der Waals surface area contributed by atoms with Crippen LogP contribution >= 0.6 is 0 Å². The van der Waals surface area contributed by atoms with Crippen LogP contribution in [0.3, 0.4) is 0 Å². The molecule has 1 fully saturated rings. The Bertz CT molecular complexity index is 823. The van der Waals surface area contributed by atoms with Gasteiger partial charge in [-0.05, 0) is 30.5 Å². The third kappa shape index (κ3) is 4.97. The Hall–Kier alpha value is -3.15. The number of benzene rings is 2. The number of carbonyl (C=O) groups is 3. The molecule has 2 aromatic rings. The zero-order valence-corrected chi connectivity index (χ0v) is 15.6. The van der Waals surface area contributed by atoms with Crippen molar-refractivity contribution in [2.75, 3.05) is 13.1 Å². The maximum Gasteiger partial charge on any atom is 0.326 e. The highest BCUT2D eigenvalue weighted by Gasteiger charge is 2.31. The number of rotatable bonds is 6.